The van der Waals surface area contributed by atoms with Gasteiger partial charge in [0.25, 0.3) is 0 Å². The molecule has 0 aliphatic heterocycles. The van der Waals surface area contributed by atoms with Gasteiger partial charge in [0.2, 0.25) is 5.91 Å². The van der Waals surface area contributed by atoms with Crippen molar-refractivity contribution in [3.05, 3.63) is 41.5 Å². The minimum Gasteiger partial charge on any atom is -0.348 e. The lowest BCUT2D eigenvalue weighted by molar-refractivity contribution is -0.125. The molecule has 116 valence electrons. The second-order valence-electron chi connectivity index (χ2n) is 5.49. The van der Waals surface area contributed by atoms with Crippen LogP contribution in [0, 0.1) is 18.3 Å². The molecule has 1 aromatic carbocycles. The molecule has 6 heteroatoms. The van der Waals surface area contributed by atoms with Gasteiger partial charge < -0.3 is 4.90 Å². The molecule has 0 saturated carbocycles. The number of nitrogens with zero attached hydrogens (tertiary/aromatic N) is 4. The van der Waals surface area contributed by atoms with Gasteiger partial charge in [-0.1, -0.05) is 23.9 Å². The monoisotopic (exact) mass is 324 g/mol. The van der Waals surface area contributed by atoms with Crippen LogP contribution in [0.4, 0.5) is 0 Å². The number of amides is 1. The Kier molecular flexibility index (Phi) is 3.97. The van der Waals surface area contributed by atoms with Gasteiger partial charge in [0.15, 0.2) is 5.65 Å². The smallest absolute Gasteiger partial charge is 0.232 e. The number of fused-ring (bicyclic) bond motifs is 3. The molecule has 0 radical (unpaired) electrons. The Morgan fingerprint density at radius 1 is 1.39 bits per heavy atom. The van der Waals surface area contributed by atoms with Gasteiger partial charge >= 0.3 is 0 Å². The maximum absolute atomic E-state index is 11.9. The number of para-hydroxylation sites is 2. The number of aromatic nitrogens is 2. The van der Waals surface area contributed by atoms with Gasteiger partial charge in [0.05, 0.1) is 27.4 Å². The van der Waals surface area contributed by atoms with Crippen molar-refractivity contribution >= 4 is 34.3 Å². The first-order valence-electron chi connectivity index (χ1n) is 7.16. The van der Waals surface area contributed by atoms with E-state index in [2.05, 4.69) is 11.1 Å². The van der Waals surface area contributed by atoms with Crippen LogP contribution in [0.15, 0.2) is 35.4 Å². The van der Waals surface area contributed by atoms with Crippen LogP contribution in [-0.4, -0.2) is 40.0 Å². The maximum Gasteiger partial charge on any atom is 0.232 e. The van der Waals surface area contributed by atoms with Crippen LogP contribution in [-0.2, 0) is 4.79 Å². The zero-order chi connectivity index (χ0) is 16.6. The number of thioether (sulfide) groups is 1. The molecule has 0 aliphatic carbocycles. The standard InChI is InChI=1S/C17H16N4OS/c1-11-8-16(23-10-15(22)20(2)3)21-14-7-5-4-6-13(14)19-17(21)12(11)9-18/h4-8H,10H2,1-3H3. The number of aryl methyl sites for hydroxylation is 1. The number of rotatable bonds is 3. The highest BCUT2D eigenvalue weighted by molar-refractivity contribution is 7.99. The summed E-state index contributed by atoms with van der Waals surface area (Å²) in [6.07, 6.45) is 0. The SMILES string of the molecule is Cc1cc(SCC(=O)N(C)C)n2c(nc3ccccc32)c1C#N. The lowest BCUT2D eigenvalue weighted by atomic mass is 10.2. The van der Waals surface area contributed by atoms with Crippen molar-refractivity contribution in [2.24, 2.45) is 0 Å². The summed E-state index contributed by atoms with van der Waals surface area (Å²) in [5.74, 6) is 0.398. The number of carbonyl (C=O) groups is 1. The van der Waals surface area contributed by atoms with E-state index in [1.54, 1.807) is 19.0 Å². The third-order valence-corrected chi connectivity index (χ3v) is 4.68. The van der Waals surface area contributed by atoms with Crippen LogP contribution >= 0.6 is 11.8 Å². The second kappa shape index (κ2) is 5.94. The summed E-state index contributed by atoms with van der Waals surface area (Å²) in [5.41, 5.74) is 3.88. The van der Waals surface area contributed by atoms with Crippen molar-refractivity contribution in [1.29, 1.82) is 5.26 Å². The molecule has 3 rings (SSSR count). The van der Waals surface area contributed by atoms with E-state index in [0.29, 0.717) is 17.0 Å². The first-order valence-corrected chi connectivity index (χ1v) is 8.15. The normalized spacial score (nSPS) is 10.9. The predicted octanol–water partition coefficient (Wildman–Crippen LogP) is 2.85. The van der Waals surface area contributed by atoms with E-state index in [1.807, 2.05) is 41.7 Å². The van der Waals surface area contributed by atoms with Gasteiger partial charge in [-0.2, -0.15) is 5.26 Å². The van der Waals surface area contributed by atoms with E-state index in [4.69, 9.17) is 0 Å². The molecule has 1 amide bonds. The average Bonchev–Trinajstić information content (AvgIpc) is 2.91. The Labute approximate surface area is 138 Å². The van der Waals surface area contributed by atoms with Crippen molar-refractivity contribution < 1.29 is 4.79 Å². The summed E-state index contributed by atoms with van der Waals surface area (Å²) in [6.45, 7) is 1.90. The molecule has 0 aliphatic rings. The van der Waals surface area contributed by atoms with Gasteiger partial charge in [0.1, 0.15) is 6.07 Å². The summed E-state index contributed by atoms with van der Waals surface area (Å²) in [7, 11) is 3.49. The number of benzene rings is 1. The number of carbonyl (C=O) groups excluding carboxylic acids is 1. The Morgan fingerprint density at radius 3 is 2.83 bits per heavy atom. The zero-order valence-corrected chi connectivity index (χ0v) is 14.0. The predicted molar refractivity (Wildman–Crippen MR) is 91.6 cm³/mol. The van der Waals surface area contributed by atoms with Gasteiger partial charge in [0, 0.05) is 14.1 Å². The molecule has 0 bridgehead atoms. The zero-order valence-electron chi connectivity index (χ0n) is 13.2. The maximum atomic E-state index is 11.9. The van der Waals surface area contributed by atoms with E-state index in [-0.39, 0.29) is 5.91 Å². The van der Waals surface area contributed by atoms with E-state index in [9.17, 15) is 10.1 Å². The van der Waals surface area contributed by atoms with Crippen LogP contribution in [0.2, 0.25) is 0 Å². The largest absolute Gasteiger partial charge is 0.348 e. The minimum absolute atomic E-state index is 0.0505. The van der Waals surface area contributed by atoms with E-state index in [0.717, 1.165) is 21.6 Å². The number of pyridine rings is 1. The molecule has 2 heterocycles. The van der Waals surface area contributed by atoms with Gasteiger partial charge in [-0.05, 0) is 30.7 Å². The second-order valence-corrected chi connectivity index (χ2v) is 6.48. The summed E-state index contributed by atoms with van der Waals surface area (Å²) in [5, 5.41) is 10.4. The first kappa shape index (κ1) is 15.4. The molecule has 0 atom stereocenters. The Hall–Kier alpha value is -2.52. The topological polar surface area (TPSA) is 61.4 Å². The number of imidazole rings is 1. The van der Waals surface area contributed by atoms with Gasteiger partial charge in [-0.15, -0.1) is 0 Å². The number of hydrogen-bond donors (Lipinski definition) is 0. The molecular formula is C17H16N4OS. The molecular weight excluding hydrogens is 308 g/mol. The van der Waals surface area contributed by atoms with Crippen LogP contribution in [0.3, 0.4) is 0 Å². The minimum atomic E-state index is 0.0505. The van der Waals surface area contributed by atoms with E-state index < -0.39 is 0 Å². The van der Waals surface area contributed by atoms with Crippen molar-refractivity contribution in [2.45, 2.75) is 11.9 Å². The lowest BCUT2D eigenvalue weighted by Crippen LogP contribution is -2.23. The van der Waals surface area contributed by atoms with Crippen molar-refractivity contribution in [1.82, 2.24) is 14.3 Å². The number of nitriles is 1. The van der Waals surface area contributed by atoms with Crippen molar-refractivity contribution in [3.8, 4) is 6.07 Å². The number of hydrogen-bond acceptors (Lipinski definition) is 4. The highest BCUT2D eigenvalue weighted by atomic mass is 32.2. The van der Waals surface area contributed by atoms with Gasteiger partial charge in [-0.25, -0.2) is 4.98 Å². The first-order chi connectivity index (χ1) is 11.0. The fourth-order valence-corrected chi connectivity index (χ4v) is 3.53. The van der Waals surface area contributed by atoms with Crippen molar-refractivity contribution in [3.63, 3.8) is 0 Å². The van der Waals surface area contributed by atoms with Crippen molar-refractivity contribution in [2.75, 3.05) is 19.8 Å². The summed E-state index contributed by atoms with van der Waals surface area (Å²) < 4.78 is 1.97. The summed E-state index contributed by atoms with van der Waals surface area (Å²) in [4.78, 5) is 18.1. The molecule has 23 heavy (non-hydrogen) atoms. The molecule has 0 fully saturated rings. The lowest BCUT2D eigenvalue weighted by Gasteiger charge is -2.12. The fourth-order valence-electron chi connectivity index (χ4n) is 2.42. The van der Waals surface area contributed by atoms with Gasteiger partial charge in [-0.3, -0.25) is 9.20 Å². The van der Waals surface area contributed by atoms with Crippen LogP contribution in [0.25, 0.3) is 16.7 Å². The van der Waals surface area contributed by atoms with Crippen LogP contribution in [0.1, 0.15) is 11.1 Å². The molecule has 0 unspecified atom stereocenters. The Bertz CT molecular complexity index is 953. The summed E-state index contributed by atoms with van der Waals surface area (Å²) in [6, 6.07) is 12.0. The molecule has 3 aromatic rings. The molecule has 0 spiro atoms. The third-order valence-electron chi connectivity index (χ3n) is 3.69. The molecule has 2 aromatic heterocycles. The fraction of sp³-hybridized carbons (Fsp3) is 0.235. The highest BCUT2D eigenvalue weighted by Gasteiger charge is 2.16. The summed E-state index contributed by atoms with van der Waals surface area (Å²) >= 11 is 1.46. The molecule has 0 saturated heterocycles. The highest BCUT2D eigenvalue weighted by Crippen LogP contribution is 2.29. The quantitative estimate of drug-likeness (QED) is 0.695. The van der Waals surface area contributed by atoms with Crippen LogP contribution in [0.5, 0.6) is 0 Å². The van der Waals surface area contributed by atoms with E-state index >= 15 is 0 Å². The Balaban J connectivity index is 2.21. The van der Waals surface area contributed by atoms with Crippen LogP contribution < -0.4 is 0 Å². The average molecular weight is 324 g/mol. The van der Waals surface area contributed by atoms with E-state index in [1.165, 1.54) is 11.8 Å². The molecule has 0 N–H and O–H groups in total. The third kappa shape index (κ3) is 2.64. The molecule has 5 nitrogen and oxygen atoms in total. The Morgan fingerprint density at radius 2 is 2.13 bits per heavy atom.